The quantitative estimate of drug-likeness (QED) is 0.612. The highest BCUT2D eigenvalue weighted by Gasteiger charge is 2.22. The first-order chi connectivity index (χ1) is 5.84. The highest BCUT2D eigenvalue weighted by molar-refractivity contribution is 5.09. The van der Waals surface area contributed by atoms with Gasteiger partial charge in [0.05, 0.1) is 0 Å². The minimum absolute atomic E-state index is 0.937. The Kier molecular flexibility index (Phi) is 2.47. The van der Waals surface area contributed by atoms with Gasteiger partial charge in [0.25, 0.3) is 0 Å². The number of rotatable bonds is 2. The second kappa shape index (κ2) is 3.58. The molecule has 1 fully saturated rings. The van der Waals surface area contributed by atoms with Crippen LogP contribution in [0.3, 0.4) is 0 Å². The van der Waals surface area contributed by atoms with Crippen molar-refractivity contribution in [3.8, 4) is 0 Å². The first-order valence-corrected chi connectivity index (χ1v) is 4.95. The largest absolute Gasteiger partial charge is 0.313 e. The second-order valence-electron chi connectivity index (χ2n) is 4.12. The van der Waals surface area contributed by atoms with Crippen LogP contribution in [0.2, 0.25) is 0 Å². The van der Waals surface area contributed by atoms with E-state index in [4.69, 9.17) is 0 Å². The van der Waals surface area contributed by atoms with Crippen LogP contribution < -0.4 is 5.32 Å². The first-order valence-electron chi connectivity index (χ1n) is 4.95. The summed E-state index contributed by atoms with van der Waals surface area (Å²) in [4.78, 5) is 2.54. The van der Waals surface area contributed by atoms with Gasteiger partial charge in [-0.2, -0.15) is 0 Å². The molecule has 2 rings (SSSR count). The van der Waals surface area contributed by atoms with Crippen molar-refractivity contribution in [1.82, 2.24) is 10.2 Å². The molecule has 12 heavy (non-hydrogen) atoms. The fraction of sp³-hybridized carbons (Fsp3) is 0.800. The molecule has 0 spiro atoms. The highest BCUT2D eigenvalue weighted by Crippen LogP contribution is 2.17. The molecule has 0 radical (unpaired) electrons. The lowest BCUT2D eigenvalue weighted by atomic mass is 10.0. The zero-order valence-electron chi connectivity index (χ0n) is 7.84. The Bertz CT molecular complexity index is 180. The van der Waals surface area contributed by atoms with Crippen molar-refractivity contribution in [3.63, 3.8) is 0 Å². The fourth-order valence-electron chi connectivity index (χ4n) is 2.06. The number of hydrogen-bond donors (Lipinski definition) is 1. The molecule has 0 bridgehead atoms. The summed E-state index contributed by atoms with van der Waals surface area (Å²) in [5, 5.41) is 3.34. The van der Waals surface area contributed by atoms with Gasteiger partial charge in [-0.1, -0.05) is 18.6 Å². The van der Waals surface area contributed by atoms with E-state index >= 15 is 0 Å². The van der Waals surface area contributed by atoms with E-state index in [1.807, 2.05) is 0 Å². The van der Waals surface area contributed by atoms with Crippen molar-refractivity contribution in [1.29, 1.82) is 0 Å². The molecule has 2 heteroatoms. The fourth-order valence-corrected chi connectivity index (χ4v) is 2.06. The normalized spacial score (nSPS) is 26.6. The molecule has 0 aromatic carbocycles. The molecular formula is C10H18N2. The zero-order valence-corrected chi connectivity index (χ0v) is 7.84. The Morgan fingerprint density at radius 2 is 2.42 bits per heavy atom. The van der Waals surface area contributed by atoms with Crippen LogP contribution in [0.1, 0.15) is 13.3 Å². The molecule has 2 aliphatic rings. The summed E-state index contributed by atoms with van der Waals surface area (Å²) in [6, 6.07) is 0. The molecule has 2 nitrogen and oxygen atoms in total. The van der Waals surface area contributed by atoms with Crippen LogP contribution in [0.4, 0.5) is 0 Å². The maximum atomic E-state index is 3.34. The second-order valence-corrected chi connectivity index (χ2v) is 4.12. The van der Waals surface area contributed by atoms with E-state index in [-0.39, 0.29) is 0 Å². The number of nitrogens with zero attached hydrogens (tertiary/aromatic N) is 1. The van der Waals surface area contributed by atoms with Crippen molar-refractivity contribution < 1.29 is 0 Å². The third-order valence-electron chi connectivity index (χ3n) is 2.72. The van der Waals surface area contributed by atoms with Gasteiger partial charge >= 0.3 is 0 Å². The van der Waals surface area contributed by atoms with Gasteiger partial charge in [0.1, 0.15) is 0 Å². The molecule has 0 aromatic rings. The van der Waals surface area contributed by atoms with Crippen LogP contribution in [0, 0.1) is 5.92 Å². The monoisotopic (exact) mass is 166 g/mol. The summed E-state index contributed by atoms with van der Waals surface area (Å²) in [7, 11) is 0. The molecule has 2 heterocycles. The molecular weight excluding hydrogens is 148 g/mol. The Balaban J connectivity index is 1.75. The average Bonchev–Trinajstić information content (AvgIpc) is 2.04. The van der Waals surface area contributed by atoms with E-state index in [9.17, 15) is 0 Å². The van der Waals surface area contributed by atoms with Gasteiger partial charge in [-0.05, 0) is 18.9 Å². The lowest BCUT2D eigenvalue weighted by Gasteiger charge is -2.38. The smallest absolute Gasteiger partial charge is 0.0194 e. The van der Waals surface area contributed by atoms with Gasteiger partial charge in [0.2, 0.25) is 0 Å². The Morgan fingerprint density at radius 1 is 1.58 bits per heavy atom. The predicted octanol–water partition coefficient (Wildman–Crippen LogP) is 0.858. The van der Waals surface area contributed by atoms with E-state index in [0.717, 1.165) is 12.5 Å². The minimum atomic E-state index is 0.937. The van der Waals surface area contributed by atoms with Gasteiger partial charge in [0, 0.05) is 26.2 Å². The lowest BCUT2D eigenvalue weighted by molar-refractivity contribution is 0.124. The summed E-state index contributed by atoms with van der Waals surface area (Å²) < 4.78 is 0. The van der Waals surface area contributed by atoms with Gasteiger partial charge in [0.15, 0.2) is 0 Å². The maximum Gasteiger partial charge on any atom is 0.0194 e. The van der Waals surface area contributed by atoms with E-state index in [2.05, 4.69) is 23.2 Å². The molecule has 0 aliphatic carbocycles. The van der Waals surface area contributed by atoms with Gasteiger partial charge < -0.3 is 5.32 Å². The molecule has 0 unspecified atom stereocenters. The van der Waals surface area contributed by atoms with Crippen molar-refractivity contribution in [3.05, 3.63) is 11.6 Å². The topological polar surface area (TPSA) is 15.3 Å². The summed E-state index contributed by atoms with van der Waals surface area (Å²) in [6.07, 6.45) is 3.61. The van der Waals surface area contributed by atoms with Crippen molar-refractivity contribution in [2.75, 3.05) is 32.7 Å². The lowest BCUT2D eigenvalue weighted by Crippen LogP contribution is -2.46. The van der Waals surface area contributed by atoms with E-state index in [1.54, 1.807) is 5.57 Å². The summed E-state index contributed by atoms with van der Waals surface area (Å²) in [5.41, 5.74) is 1.64. The molecule has 68 valence electrons. The van der Waals surface area contributed by atoms with E-state index in [1.165, 1.54) is 32.6 Å². The van der Waals surface area contributed by atoms with Crippen LogP contribution >= 0.6 is 0 Å². The SMILES string of the molecule is CC1CN(CC2=CCNCC2)C1. The maximum absolute atomic E-state index is 3.34. The number of likely N-dealkylation sites (tertiary alicyclic amines) is 1. The first kappa shape index (κ1) is 8.27. The summed E-state index contributed by atoms with van der Waals surface area (Å²) in [6.45, 7) is 8.43. The zero-order chi connectivity index (χ0) is 8.39. The Labute approximate surface area is 74.6 Å². The third kappa shape index (κ3) is 1.87. The van der Waals surface area contributed by atoms with Crippen molar-refractivity contribution >= 4 is 0 Å². The molecule has 1 saturated heterocycles. The Morgan fingerprint density at radius 3 is 3.00 bits per heavy atom. The van der Waals surface area contributed by atoms with E-state index < -0.39 is 0 Å². The minimum Gasteiger partial charge on any atom is -0.313 e. The molecule has 0 saturated carbocycles. The van der Waals surface area contributed by atoms with Crippen LogP contribution in [0.5, 0.6) is 0 Å². The molecule has 0 amide bonds. The number of nitrogens with one attached hydrogen (secondary N) is 1. The third-order valence-corrected chi connectivity index (χ3v) is 2.72. The molecule has 2 aliphatic heterocycles. The molecule has 0 aromatic heterocycles. The molecule has 1 N–H and O–H groups in total. The predicted molar refractivity (Wildman–Crippen MR) is 51.2 cm³/mol. The van der Waals surface area contributed by atoms with Gasteiger partial charge in [-0.3, -0.25) is 4.90 Å². The van der Waals surface area contributed by atoms with Gasteiger partial charge in [-0.15, -0.1) is 0 Å². The average molecular weight is 166 g/mol. The van der Waals surface area contributed by atoms with Crippen LogP contribution in [-0.4, -0.2) is 37.6 Å². The Hall–Kier alpha value is -0.340. The standard InChI is InChI=1S/C10H18N2/c1-9-6-12(7-9)8-10-2-4-11-5-3-10/h2,9,11H,3-8H2,1H3. The van der Waals surface area contributed by atoms with E-state index in [0.29, 0.717) is 0 Å². The summed E-state index contributed by atoms with van der Waals surface area (Å²) in [5.74, 6) is 0.937. The van der Waals surface area contributed by atoms with Crippen molar-refractivity contribution in [2.24, 2.45) is 5.92 Å². The highest BCUT2D eigenvalue weighted by atomic mass is 15.2. The van der Waals surface area contributed by atoms with Crippen molar-refractivity contribution in [2.45, 2.75) is 13.3 Å². The van der Waals surface area contributed by atoms with Crippen LogP contribution in [-0.2, 0) is 0 Å². The number of hydrogen-bond acceptors (Lipinski definition) is 2. The van der Waals surface area contributed by atoms with Crippen LogP contribution in [0.25, 0.3) is 0 Å². The van der Waals surface area contributed by atoms with Gasteiger partial charge in [-0.25, -0.2) is 0 Å². The molecule has 0 atom stereocenters. The summed E-state index contributed by atoms with van der Waals surface area (Å²) >= 11 is 0. The van der Waals surface area contributed by atoms with Crippen LogP contribution in [0.15, 0.2) is 11.6 Å².